The maximum atomic E-state index is 13.4. The van der Waals surface area contributed by atoms with Crippen LogP contribution in [0, 0.1) is 6.92 Å². The summed E-state index contributed by atoms with van der Waals surface area (Å²) in [4.78, 5) is 24.3. The maximum absolute atomic E-state index is 13.4. The Morgan fingerprint density at radius 3 is 2.34 bits per heavy atom. The predicted molar refractivity (Wildman–Crippen MR) is 121 cm³/mol. The number of hydrogen-bond acceptors (Lipinski definition) is 5. The van der Waals surface area contributed by atoms with E-state index in [-0.39, 0.29) is 21.8 Å². The van der Waals surface area contributed by atoms with Crippen LogP contribution < -0.4 is 14.4 Å². The molecule has 0 spiro atoms. The predicted octanol–water partition coefficient (Wildman–Crippen LogP) is 3.54. The molecule has 0 heterocycles. The molecule has 1 amide bonds. The number of carboxylic acids is 1. The Morgan fingerprint density at radius 2 is 1.69 bits per heavy atom. The third-order valence-corrected chi connectivity index (χ3v) is 6.46. The number of methoxy groups -OCH3 is 1. The number of nitrogens with one attached hydrogen (secondary N) is 1. The van der Waals surface area contributed by atoms with Crippen LogP contribution in [-0.2, 0) is 14.8 Å². The SMILES string of the molecule is COc1cccc(N(CC(=O)Nc2ccccc2C(=O)O)S(=O)(=O)c2ccc(C)cc2)c1. The number of anilines is 2. The molecule has 166 valence electrons. The van der Waals surface area contributed by atoms with Crippen LogP contribution >= 0.6 is 0 Å². The second kappa shape index (κ2) is 9.52. The fraction of sp³-hybridized carbons (Fsp3) is 0.130. The summed E-state index contributed by atoms with van der Waals surface area (Å²) in [6, 6.07) is 18.5. The fourth-order valence-corrected chi connectivity index (χ4v) is 4.43. The number of aromatic carboxylic acids is 1. The number of amides is 1. The van der Waals surface area contributed by atoms with Gasteiger partial charge in [-0.1, -0.05) is 35.9 Å². The lowest BCUT2D eigenvalue weighted by atomic mass is 10.2. The van der Waals surface area contributed by atoms with Gasteiger partial charge in [0.25, 0.3) is 10.0 Å². The topological polar surface area (TPSA) is 113 Å². The van der Waals surface area contributed by atoms with Crippen LogP contribution in [0.25, 0.3) is 0 Å². The molecule has 3 rings (SSSR count). The zero-order chi connectivity index (χ0) is 23.3. The van der Waals surface area contributed by atoms with E-state index in [2.05, 4.69) is 5.32 Å². The molecule has 0 fully saturated rings. The molecule has 8 nitrogen and oxygen atoms in total. The van der Waals surface area contributed by atoms with E-state index in [0.717, 1.165) is 9.87 Å². The molecule has 3 aromatic carbocycles. The summed E-state index contributed by atoms with van der Waals surface area (Å²) >= 11 is 0. The monoisotopic (exact) mass is 454 g/mol. The van der Waals surface area contributed by atoms with Crippen molar-refractivity contribution in [2.75, 3.05) is 23.3 Å². The largest absolute Gasteiger partial charge is 0.497 e. The number of aryl methyl sites for hydroxylation is 1. The minimum Gasteiger partial charge on any atom is -0.497 e. The molecule has 32 heavy (non-hydrogen) atoms. The highest BCUT2D eigenvalue weighted by molar-refractivity contribution is 7.92. The highest BCUT2D eigenvalue weighted by Gasteiger charge is 2.28. The molecule has 2 N–H and O–H groups in total. The van der Waals surface area contributed by atoms with Gasteiger partial charge in [0.1, 0.15) is 12.3 Å². The van der Waals surface area contributed by atoms with Gasteiger partial charge in [-0.3, -0.25) is 9.10 Å². The highest BCUT2D eigenvalue weighted by Crippen LogP contribution is 2.27. The first kappa shape index (κ1) is 22.8. The first-order valence-electron chi connectivity index (χ1n) is 9.58. The Morgan fingerprint density at radius 1 is 1.00 bits per heavy atom. The number of benzene rings is 3. The number of ether oxygens (including phenoxy) is 1. The molecule has 0 unspecified atom stereocenters. The first-order chi connectivity index (χ1) is 15.2. The summed E-state index contributed by atoms with van der Waals surface area (Å²) in [5.74, 6) is -1.49. The van der Waals surface area contributed by atoms with Gasteiger partial charge in [-0.15, -0.1) is 0 Å². The van der Waals surface area contributed by atoms with E-state index in [9.17, 15) is 23.1 Å². The number of carboxylic acid groups (broad SMARTS) is 1. The van der Waals surface area contributed by atoms with Crippen LogP contribution in [0.2, 0.25) is 0 Å². The molecule has 0 aromatic heterocycles. The quantitative estimate of drug-likeness (QED) is 0.538. The third kappa shape index (κ3) is 5.06. The average molecular weight is 455 g/mol. The number of hydrogen-bond donors (Lipinski definition) is 2. The summed E-state index contributed by atoms with van der Waals surface area (Å²) in [6.45, 7) is 1.26. The van der Waals surface area contributed by atoms with Gasteiger partial charge >= 0.3 is 5.97 Å². The average Bonchev–Trinajstić information content (AvgIpc) is 2.78. The van der Waals surface area contributed by atoms with E-state index < -0.39 is 28.4 Å². The van der Waals surface area contributed by atoms with Gasteiger partial charge in [0.05, 0.1) is 28.9 Å². The minimum absolute atomic E-state index is 0.0182. The minimum atomic E-state index is -4.11. The van der Waals surface area contributed by atoms with Crippen molar-refractivity contribution in [2.45, 2.75) is 11.8 Å². The van der Waals surface area contributed by atoms with E-state index in [1.165, 1.54) is 43.5 Å². The van der Waals surface area contributed by atoms with E-state index in [4.69, 9.17) is 4.74 Å². The van der Waals surface area contributed by atoms with Crippen LogP contribution in [0.15, 0.2) is 77.7 Å². The van der Waals surface area contributed by atoms with Crippen molar-refractivity contribution in [3.8, 4) is 5.75 Å². The standard InChI is InChI=1S/C23H22N2O6S/c1-16-10-12-19(13-11-16)32(29,30)25(17-6-5-7-18(14-17)31-2)15-22(26)24-21-9-4-3-8-20(21)23(27)28/h3-14H,15H2,1-2H3,(H,24,26)(H,27,28). The van der Waals surface area contributed by atoms with E-state index >= 15 is 0 Å². The van der Waals surface area contributed by atoms with E-state index in [0.29, 0.717) is 5.75 Å². The van der Waals surface area contributed by atoms with Crippen molar-refractivity contribution in [1.82, 2.24) is 0 Å². The Hall–Kier alpha value is -3.85. The number of carbonyl (C=O) groups excluding carboxylic acids is 1. The van der Waals surface area contributed by atoms with Crippen molar-refractivity contribution < 1.29 is 27.9 Å². The zero-order valence-corrected chi connectivity index (χ0v) is 18.3. The number of para-hydroxylation sites is 1. The van der Waals surface area contributed by atoms with Gasteiger partial charge in [-0.25, -0.2) is 13.2 Å². The molecule has 3 aromatic rings. The van der Waals surface area contributed by atoms with Crippen molar-refractivity contribution in [3.05, 3.63) is 83.9 Å². The van der Waals surface area contributed by atoms with E-state index in [1.54, 1.807) is 36.4 Å². The van der Waals surface area contributed by atoms with E-state index in [1.807, 2.05) is 6.92 Å². The fourth-order valence-electron chi connectivity index (χ4n) is 3.02. The summed E-state index contributed by atoms with van der Waals surface area (Å²) < 4.78 is 33.0. The first-order valence-corrected chi connectivity index (χ1v) is 11.0. The molecular formula is C23H22N2O6S. The van der Waals surface area contributed by atoms with Crippen LogP contribution in [0.3, 0.4) is 0 Å². The Kier molecular flexibility index (Phi) is 6.79. The lowest BCUT2D eigenvalue weighted by Gasteiger charge is -2.24. The van der Waals surface area contributed by atoms with Crippen LogP contribution in [-0.4, -0.2) is 39.1 Å². The van der Waals surface area contributed by atoms with Gasteiger partial charge in [-0.2, -0.15) is 0 Å². The van der Waals surface area contributed by atoms with Crippen molar-refractivity contribution in [3.63, 3.8) is 0 Å². The Balaban J connectivity index is 1.98. The highest BCUT2D eigenvalue weighted by atomic mass is 32.2. The molecule has 0 saturated heterocycles. The molecular weight excluding hydrogens is 432 g/mol. The summed E-state index contributed by atoms with van der Waals surface area (Å²) in [5.41, 5.74) is 1.09. The Bertz CT molecular complexity index is 1240. The van der Waals surface area contributed by atoms with Crippen molar-refractivity contribution in [1.29, 1.82) is 0 Å². The number of nitrogens with zero attached hydrogens (tertiary/aromatic N) is 1. The molecule has 0 radical (unpaired) electrons. The molecule has 0 aliphatic rings. The number of carbonyl (C=O) groups is 2. The second-order valence-corrected chi connectivity index (χ2v) is 8.79. The zero-order valence-electron chi connectivity index (χ0n) is 17.5. The number of rotatable bonds is 8. The third-order valence-electron chi connectivity index (χ3n) is 4.67. The lowest BCUT2D eigenvalue weighted by molar-refractivity contribution is -0.114. The normalized spacial score (nSPS) is 10.9. The van der Waals surface area contributed by atoms with Crippen LogP contribution in [0.5, 0.6) is 5.75 Å². The summed E-state index contributed by atoms with van der Waals surface area (Å²) in [5, 5.41) is 11.8. The summed E-state index contributed by atoms with van der Waals surface area (Å²) in [7, 11) is -2.66. The lowest BCUT2D eigenvalue weighted by Crippen LogP contribution is -2.38. The maximum Gasteiger partial charge on any atom is 0.337 e. The van der Waals surface area contributed by atoms with Gasteiger partial charge in [0, 0.05) is 6.07 Å². The molecule has 0 saturated carbocycles. The molecule has 0 atom stereocenters. The smallest absolute Gasteiger partial charge is 0.337 e. The second-order valence-electron chi connectivity index (χ2n) is 6.93. The van der Waals surface area contributed by atoms with Crippen LogP contribution in [0.4, 0.5) is 11.4 Å². The van der Waals surface area contributed by atoms with Crippen molar-refractivity contribution in [2.24, 2.45) is 0 Å². The molecule has 0 bridgehead atoms. The van der Waals surface area contributed by atoms with Crippen LogP contribution in [0.1, 0.15) is 15.9 Å². The van der Waals surface area contributed by atoms with Gasteiger partial charge < -0.3 is 15.2 Å². The molecule has 9 heteroatoms. The van der Waals surface area contributed by atoms with Crippen molar-refractivity contribution >= 4 is 33.3 Å². The van der Waals surface area contributed by atoms with Gasteiger partial charge in [0.15, 0.2) is 0 Å². The van der Waals surface area contributed by atoms with Gasteiger partial charge in [0.2, 0.25) is 5.91 Å². The summed E-state index contributed by atoms with van der Waals surface area (Å²) in [6.07, 6.45) is 0. The molecule has 0 aliphatic carbocycles. The molecule has 0 aliphatic heterocycles. The number of sulfonamides is 1. The Labute approximate surface area is 186 Å². The van der Waals surface area contributed by atoms with Gasteiger partial charge in [-0.05, 0) is 43.3 Å².